The molecular weight excluding hydrogens is 330 g/mol. The van der Waals surface area contributed by atoms with Crippen LogP contribution in [0, 0.1) is 16.0 Å². The summed E-state index contributed by atoms with van der Waals surface area (Å²) in [5, 5.41) is 11.0. The minimum Gasteiger partial charge on any atom is -0.490 e. The number of carbonyl (C=O) groups excluding carboxylic acids is 1. The monoisotopic (exact) mass is 351 g/mol. The summed E-state index contributed by atoms with van der Waals surface area (Å²) in [6.07, 6.45) is 7.37. The number of hydrogen-bond acceptors (Lipinski definition) is 6. The van der Waals surface area contributed by atoms with Gasteiger partial charge in [0.25, 0.3) is 0 Å². The van der Waals surface area contributed by atoms with E-state index >= 15 is 0 Å². The molecule has 0 fully saturated rings. The Labute approximate surface area is 145 Å². The maximum Gasteiger partial charge on any atom is 0.315 e. The largest absolute Gasteiger partial charge is 0.490 e. The van der Waals surface area contributed by atoms with Crippen LogP contribution in [0.1, 0.15) is 24.8 Å². The van der Waals surface area contributed by atoms with Crippen LogP contribution < -0.4 is 4.74 Å². The van der Waals surface area contributed by atoms with Crippen molar-refractivity contribution in [2.45, 2.75) is 25.0 Å². The fraction of sp³-hybridized carbons (Fsp3) is 0.471. The van der Waals surface area contributed by atoms with Gasteiger partial charge in [0.1, 0.15) is 0 Å². The highest BCUT2D eigenvalue weighted by Gasteiger charge is 2.16. The molecule has 1 unspecified atom stereocenters. The number of nitrogens with zero attached hydrogens (tertiary/aromatic N) is 1. The molecule has 1 atom stereocenters. The lowest BCUT2D eigenvalue weighted by molar-refractivity contribution is -0.385. The van der Waals surface area contributed by atoms with Gasteiger partial charge in [-0.05, 0) is 36.8 Å². The molecule has 0 amide bonds. The maximum absolute atomic E-state index is 11.8. The van der Waals surface area contributed by atoms with E-state index in [9.17, 15) is 14.9 Å². The average molecular weight is 351 g/mol. The summed E-state index contributed by atoms with van der Waals surface area (Å²) < 4.78 is 10.3. The number of allylic oxidation sites excluding steroid dienone is 2. The van der Waals surface area contributed by atoms with E-state index in [-0.39, 0.29) is 23.2 Å². The normalized spacial score (nSPS) is 16.6. The Morgan fingerprint density at radius 1 is 1.42 bits per heavy atom. The summed E-state index contributed by atoms with van der Waals surface area (Å²) in [5.74, 6) is 1.16. The molecule has 1 aliphatic carbocycles. The van der Waals surface area contributed by atoms with Gasteiger partial charge in [-0.15, -0.1) is 11.8 Å². The molecule has 24 heavy (non-hydrogen) atoms. The standard InChI is InChI=1S/C17H21NO5S/c1-22-16-8-7-14(9-15(16)18(20)21)11-24-12-17(19)23-10-13-5-3-2-4-6-13/h2-3,7-9,13H,4-6,10-12H2,1H3. The number of hydrogen-bond donors (Lipinski definition) is 0. The van der Waals surface area contributed by atoms with Crippen LogP contribution >= 0.6 is 11.8 Å². The van der Waals surface area contributed by atoms with Gasteiger partial charge in [0.05, 0.1) is 24.4 Å². The first-order valence-corrected chi connectivity index (χ1v) is 8.95. The molecule has 1 aromatic rings. The van der Waals surface area contributed by atoms with E-state index < -0.39 is 4.92 Å². The van der Waals surface area contributed by atoms with Crippen molar-refractivity contribution in [3.05, 3.63) is 46.0 Å². The molecule has 1 aromatic carbocycles. The second-order valence-corrected chi connectivity index (χ2v) is 6.58. The van der Waals surface area contributed by atoms with Crippen LogP contribution in [-0.4, -0.2) is 30.4 Å². The lowest BCUT2D eigenvalue weighted by Gasteiger charge is -2.17. The van der Waals surface area contributed by atoms with E-state index in [4.69, 9.17) is 9.47 Å². The molecule has 0 bridgehead atoms. The van der Waals surface area contributed by atoms with Crippen molar-refractivity contribution in [3.63, 3.8) is 0 Å². The molecule has 130 valence electrons. The topological polar surface area (TPSA) is 78.7 Å². The number of methoxy groups -OCH3 is 1. The molecule has 0 aliphatic heterocycles. The van der Waals surface area contributed by atoms with E-state index in [2.05, 4.69) is 12.2 Å². The van der Waals surface area contributed by atoms with Crippen LogP contribution in [-0.2, 0) is 15.3 Å². The Balaban J connectivity index is 1.75. The Bertz CT molecular complexity index is 617. The van der Waals surface area contributed by atoms with Gasteiger partial charge in [-0.25, -0.2) is 0 Å². The number of rotatable bonds is 8. The van der Waals surface area contributed by atoms with Gasteiger partial charge in [-0.1, -0.05) is 18.2 Å². The third-order valence-electron chi connectivity index (χ3n) is 3.79. The molecule has 2 rings (SSSR count). The van der Waals surface area contributed by atoms with Crippen molar-refractivity contribution in [2.24, 2.45) is 5.92 Å². The predicted octanol–water partition coefficient (Wildman–Crippen LogP) is 3.74. The average Bonchev–Trinajstić information content (AvgIpc) is 2.60. The van der Waals surface area contributed by atoms with Crippen molar-refractivity contribution in [3.8, 4) is 5.75 Å². The molecular formula is C17H21NO5S. The van der Waals surface area contributed by atoms with Crippen LogP contribution in [0.4, 0.5) is 5.69 Å². The first kappa shape index (κ1) is 18.3. The number of thioether (sulfide) groups is 1. The van der Waals surface area contributed by atoms with Gasteiger partial charge >= 0.3 is 11.7 Å². The van der Waals surface area contributed by atoms with Gasteiger partial charge in [-0.3, -0.25) is 14.9 Å². The number of carbonyl (C=O) groups is 1. The van der Waals surface area contributed by atoms with Gasteiger partial charge in [0.2, 0.25) is 0 Å². The number of esters is 1. The van der Waals surface area contributed by atoms with Gasteiger partial charge in [0, 0.05) is 11.8 Å². The summed E-state index contributed by atoms with van der Waals surface area (Å²) in [6, 6.07) is 4.81. The molecule has 0 saturated carbocycles. The molecule has 1 aliphatic rings. The minimum absolute atomic E-state index is 0.0662. The van der Waals surface area contributed by atoms with Crippen molar-refractivity contribution in [1.82, 2.24) is 0 Å². The highest BCUT2D eigenvalue weighted by Crippen LogP contribution is 2.29. The number of nitro benzene ring substituents is 1. The SMILES string of the molecule is COc1ccc(CSCC(=O)OCC2CC=CCC2)cc1[N+](=O)[O-]. The molecule has 7 heteroatoms. The van der Waals surface area contributed by atoms with E-state index in [0.717, 1.165) is 24.8 Å². The van der Waals surface area contributed by atoms with Gasteiger partial charge < -0.3 is 9.47 Å². The first-order chi connectivity index (χ1) is 11.6. The first-order valence-electron chi connectivity index (χ1n) is 7.80. The molecule has 0 aromatic heterocycles. The second-order valence-electron chi connectivity index (χ2n) is 5.59. The van der Waals surface area contributed by atoms with Crippen LogP contribution in [0.3, 0.4) is 0 Å². The Morgan fingerprint density at radius 3 is 2.92 bits per heavy atom. The van der Waals surface area contributed by atoms with Crippen molar-refractivity contribution in [1.29, 1.82) is 0 Å². The van der Waals surface area contributed by atoms with E-state index in [1.165, 1.54) is 24.9 Å². The zero-order valence-corrected chi connectivity index (χ0v) is 14.4. The zero-order chi connectivity index (χ0) is 17.4. The van der Waals surface area contributed by atoms with Crippen molar-refractivity contribution >= 4 is 23.4 Å². The minimum atomic E-state index is -0.472. The third-order valence-corrected chi connectivity index (χ3v) is 4.76. The lowest BCUT2D eigenvalue weighted by atomic mass is 9.95. The van der Waals surface area contributed by atoms with Gasteiger partial charge in [-0.2, -0.15) is 0 Å². The zero-order valence-electron chi connectivity index (χ0n) is 13.6. The lowest BCUT2D eigenvalue weighted by Crippen LogP contribution is -2.16. The molecule has 0 N–H and O–H groups in total. The third kappa shape index (κ3) is 5.56. The molecule has 0 spiro atoms. The fourth-order valence-corrected chi connectivity index (χ4v) is 3.25. The second kappa shape index (κ2) is 9.32. The molecule has 0 heterocycles. The highest BCUT2D eigenvalue weighted by atomic mass is 32.2. The summed E-state index contributed by atoms with van der Waals surface area (Å²) in [7, 11) is 1.40. The summed E-state index contributed by atoms with van der Waals surface area (Å²) in [6.45, 7) is 0.470. The Kier molecular flexibility index (Phi) is 7.11. The van der Waals surface area contributed by atoms with Crippen molar-refractivity contribution < 1.29 is 19.2 Å². The van der Waals surface area contributed by atoms with E-state index in [1.807, 2.05) is 0 Å². The maximum atomic E-state index is 11.8. The molecule has 6 nitrogen and oxygen atoms in total. The van der Waals surface area contributed by atoms with E-state index in [1.54, 1.807) is 12.1 Å². The van der Waals surface area contributed by atoms with Crippen LogP contribution in [0.15, 0.2) is 30.4 Å². The quantitative estimate of drug-likeness (QED) is 0.307. The number of benzene rings is 1. The summed E-state index contributed by atoms with van der Waals surface area (Å²) in [4.78, 5) is 22.3. The Morgan fingerprint density at radius 2 is 2.25 bits per heavy atom. The summed E-state index contributed by atoms with van der Waals surface area (Å²) >= 11 is 1.38. The Hall–Kier alpha value is -2.02. The predicted molar refractivity (Wildman–Crippen MR) is 93.3 cm³/mol. The number of ether oxygens (including phenoxy) is 2. The smallest absolute Gasteiger partial charge is 0.315 e. The molecule has 0 saturated heterocycles. The highest BCUT2D eigenvalue weighted by molar-refractivity contribution is 7.99. The summed E-state index contributed by atoms with van der Waals surface area (Å²) in [5.41, 5.74) is 0.709. The van der Waals surface area contributed by atoms with Gasteiger partial charge in [0.15, 0.2) is 5.75 Å². The van der Waals surface area contributed by atoms with Crippen LogP contribution in [0.2, 0.25) is 0 Å². The number of nitro groups is 1. The van der Waals surface area contributed by atoms with Crippen LogP contribution in [0.5, 0.6) is 5.75 Å². The molecule has 0 radical (unpaired) electrons. The fourth-order valence-electron chi connectivity index (χ4n) is 2.48. The van der Waals surface area contributed by atoms with E-state index in [0.29, 0.717) is 18.3 Å². The van der Waals surface area contributed by atoms with Crippen molar-refractivity contribution in [2.75, 3.05) is 19.5 Å². The van der Waals surface area contributed by atoms with Crippen LogP contribution in [0.25, 0.3) is 0 Å².